The van der Waals surface area contributed by atoms with Crippen molar-refractivity contribution in [3.8, 4) is 11.5 Å². The quantitative estimate of drug-likeness (QED) is 0.746. The molecule has 2 aromatic carbocycles. The normalized spacial score (nSPS) is 15.7. The van der Waals surface area contributed by atoms with Crippen LogP contribution in [-0.4, -0.2) is 44.9 Å². The van der Waals surface area contributed by atoms with E-state index >= 15 is 0 Å². The maximum atomic E-state index is 12.8. The summed E-state index contributed by atoms with van der Waals surface area (Å²) in [5.74, 6) is 0.552. The monoisotopic (exact) mass is 418 g/mol. The third-order valence-corrected chi connectivity index (χ3v) is 6.73. The summed E-state index contributed by atoms with van der Waals surface area (Å²) in [7, 11) is -2.14. The maximum Gasteiger partial charge on any atom is 0.265 e. The number of hydrogen-bond acceptors (Lipinski definition) is 5. The van der Waals surface area contributed by atoms with E-state index < -0.39 is 22.0 Å². The molecule has 1 saturated heterocycles. The minimum absolute atomic E-state index is 0.127. The van der Waals surface area contributed by atoms with Crippen LogP contribution in [0, 0.1) is 6.92 Å². The molecule has 1 atom stereocenters. The van der Waals surface area contributed by atoms with Crippen LogP contribution >= 0.6 is 0 Å². The van der Waals surface area contributed by atoms with E-state index in [1.54, 1.807) is 25.1 Å². The van der Waals surface area contributed by atoms with Gasteiger partial charge in [-0.1, -0.05) is 17.7 Å². The molecule has 1 amide bonds. The van der Waals surface area contributed by atoms with Gasteiger partial charge in [-0.25, -0.2) is 8.42 Å². The fourth-order valence-corrected chi connectivity index (χ4v) is 4.68. The number of nitrogens with one attached hydrogen (secondary N) is 1. The Hall–Kier alpha value is -2.58. The second-order valence-electron chi connectivity index (χ2n) is 7.04. The molecule has 156 valence electrons. The zero-order chi connectivity index (χ0) is 21.0. The molecule has 0 bridgehead atoms. The summed E-state index contributed by atoms with van der Waals surface area (Å²) >= 11 is 0. The number of hydrogen-bond donors (Lipinski definition) is 1. The standard InChI is InChI=1S/C21H26N2O5S/c1-15-6-8-17(9-7-15)28-16(2)21(24)22-19-14-18(10-11-20(19)27-3)29(25,26)23-12-4-5-13-23/h6-11,14,16H,4-5,12-13H2,1-3H3,(H,22,24)/t16-/m0/s1. The van der Waals surface area contributed by atoms with Gasteiger partial charge in [-0.15, -0.1) is 0 Å². The number of methoxy groups -OCH3 is 1. The molecule has 0 aliphatic carbocycles. The lowest BCUT2D eigenvalue weighted by molar-refractivity contribution is -0.122. The molecule has 29 heavy (non-hydrogen) atoms. The lowest BCUT2D eigenvalue weighted by Crippen LogP contribution is -2.31. The Labute approximate surface area is 171 Å². The van der Waals surface area contributed by atoms with Gasteiger partial charge in [0.05, 0.1) is 17.7 Å². The molecule has 0 unspecified atom stereocenters. The van der Waals surface area contributed by atoms with Crippen molar-refractivity contribution in [1.82, 2.24) is 4.31 Å². The predicted molar refractivity (Wildman–Crippen MR) is 111 cm³/mol. The number of ether oxygens (including phenoxy) is 2. The number of amides is 1. The Morgan fingerprint density at radius 2 is 1.76 bits per heavy atom. The van der Waals surface area contributed by atoms with Crippen LogP contribution in [0.3, 0.4) is 0 Å². The molecule has 0 radical (unpaired) electrons. The number of anilines is 1. The van der Waals surface area contributed by atoms with Crippen LogP contribution in [0.1, 0.15) is 25.3 Å². The van der Waals surface area contributed by atoms with E-state index in [1.165, 1.54) is 23.5 Å². The number of carbonyl (C=O) groups excluding carboxylic acids is 1. The van der Waals surface area contributed by atoms with Gasteiger partial charge in [0.15, 0.2) is 6.10 Å². The molecule has 1 aliphatic rings. The van der Waals surface area contributed by atoms with Crippen molar-refractivity contribution in [2.45, 2.75) is 37.7 Å². The molecule has 2 aromatic rings. The smallest absolute Gasteiger partial charge is 0.265 e. The summed E-state index contributed by atoms with van der Waals surface area (Å²) in [6.45, 7) is 4.62. The summed E-state index contributed by atoms with van der Waals surface area (Å²) < 4.78 is 38.1. The molecular formula is C21H26N2O5S. The van der Waals surface area contributed by atoms with E-state index in [2.05, 4.69) is 5.32 Å². The van der Waals surface area contributed by atoms with Crippen LogP contribution in [0.15, 0.2) is 47.4 Å². The molecule has 1 heterocycles. The number of rotatable bonds is 7. The summed E-state index contributed by atoms with van der Waals surface area (Å²) in [6.07, 6.45) is 0.931. The van der Waals surface area contributed by atoms with Crippen molar-refractivity contribution in [1.29, 1.82) is 0 Å². The lowest BCUT2D eigenvalue weighted by Gasteiger charge is -2.19. The Balaban J connectivity index is 1.78. The fourth-order valence-electron chi connectivity index (χ4n) is 3.13. The molecule has 0 spiro atoms. The third kappa shape index (κ3) is 4.89. The molecule has 1 N–H and O–H groups in total. The van der Waals surface area contributed by atoms with Crippen molar-refractivity contribution in [3.63, 3.8) is 0 Å². The Morgan fingerprint density at radius 3 is 2.38 bits per heavy atom. The summed E-state index contributed by atoms with van der Waals surface area (Å²) in [5.41, 5.74) is 1.38. The van der Waals surface area contributed by atoms with Gasteiger partial charge in [0.25, 0.3) is 5.91 Å². The summed E-state index contributed by atoms with van der Waals surface area (Å²) in [4.78, 5) is 12.7. The number of sulfonamides is 1. The Morgan fingerprint density at radius 1 is 1.10 bits per heavy atom. The molecule has 1 aliphatic heterocycles. The maximum absolute atomic E-state index is 12.8. The highest BCUT2D eigenvalue weighted by molar-refractivity contribution is 7.89. The van der Waals surface area contributed by atoms with E-state index in [0.29, 0.717) is 24.6 Å². The van der Waals surface area contributed by atoms with Gasteiger partial charge in [-0.2, -0.15) is 4.31 Å². The summed E-state index contributed by atoms with van der Waals surface area (Å²) in [5, 5.41) is 2.72. The predicted octanol–water partition coefficient (Wildman–Crippen LogP) is 3.19. The van der Waals surface area contributed by atoms with E-state index in [4.69, 9.17) is 9.47 Å². The van der Waals surface area contributed by atoms with Crippen molar-refractivity contribution in [3.05, 3.63) is 48.0 Å². The number of nitrogens with zero attached hydrogens (tertiary/aromatic N) is 1. The van der Waals surface area contributed by atoms with Crippen LogP contribution in [0.5, 0.6) is 11.5 Å². The van der Waals surface area contributed by atoms with Crippen LogP contribution in [0.4, 0.5) is 5.69 Å². The van der Waals surface area contributed by atoms with Crippen molar-refractivity contribution in [2.24, 2.45) is 0 Å². The number of benzene rings is 2. The first-order chi connectivity index (χ1) is 13.8. The summed E-state index contributed by atoms with van der Waals surface area (Å²) in [6, 6.07) is 11.9. The minimum Gasteiger partial charge on any atom is -0.495 e. The number of aryl methyl sites for hydroxylation is 1. The van der Waals surface area contributed by atoms with Gasteiger partial charge >= 0.3 is 0 Å². The SMILES string of the molecule is COc1ccc(S(=O)(=O)N2CCCC2)cc1NC(=O)[C@H](C)Oc1ccc(C)cc1. The van der Waals surface area contributed by atoms with Gasteiger partial charge in [0.1, 0.15) is 11.5 Å². The van der Waals surface area contributed by atoms with Crippen LogP contribution in [0.2, 0.25) is 0 Å². The molecule has 7 nitrogen and oxygen atoms in total. The van der Waals surface area contributed by atoms with Crippen molar-refractivity contribution < 1.29 is 22.7 Å². The van der Waals surface area contributed by atoms with E-state index in [1.807, 2.05) is 19.1 Å². The first-order valence-corrected chi connectivity index (χ1v) is 11.0. The van der Waals surface area contributed by atoms with Crippen molar-refractivity contribution in [2.75, 3.05) is 25.5 Å². The highest BCUT2D eigenvalue weighted by Crippen LogP contribution is 2.30. The topological polar surface area (TPSA) is 84.9 Å². The minimum atomic E-state index is -3.60. The van der Waals surface area contributed by atoms with Crippen LogP contribution in [-0.2, 0) is 14.8 Å². The molecule has 3 rings (SSSR count). The second kappa shape index (κ2) is 8.84. The van der Waals surface area contributed by atoms with E-state index in [-0.39, 0.29) is 10.6 Å². The molecule has 1 fully saturated rings. The average Bonchev–Trinajstić information content (AvgIpc) is 3.25. The number of carbonyl (C=O) groups is 1. The zero-order valence-electron chi connectivity index (χ0n) is 16.8. The molecule has 0 aromatic heterocycles. The largest absolute Gasteiger partial charge is 0.495 e. The third-order valence-electron chi connectivity index (χ3n) is 4.83. The van der Waals surface area contributed by atoms with Crippen molar-refractivity contribution >= 4 is 21.6 Å². The van der Waals surface area contributed by atoms with Crippen LogP contribution < -0.4 is 14.8 Å². The van der Waals surface area contributed by atoms with E-state index in [0.717, 1.165) is 18.4 Å². The van der Waals surface area contributed by atoms with Gasteiger partial charge in [-0.05, 0) is 57.0 Å². The highest BCUT2D eigenvalue weighted by Gasteiger charge is 2.28. The fraction of sp³-hybridized carbons (Fsp3) is 0.381. The average molecular weight is 419 g/mol. The second-order valence-corrected chi connectivity index (χ2v) is 8.97. The Bertz CT molecular complexity index is 967. The van der Waals surface area contributed by atoms with Gasteiger partial charge in [-0.3, -0.25) is 4.79 Å². The Kier molecular flexibility index (Phi) is 6.44. The van der Waals surface area contributed by atoms with Gasteiger partial charge < -0.3 is 14.8 Å². The molecule has 8 heteroatoms. The van der Waals surface area contributed by atoms with Crippen LogP contribution in [0.25, 0.3) is 0 Å². The van der Waals surface area contributed by atoms with Gasteiger partial charge in [0, 0.05) is 13.1 Å². The molecular weight excluding hydrogens is 392 g/mol. The first-order valence-electron chi connectivity index (χ1n) is 9.53. The lowest BCUT2D eigenvalue weighted by atomic mass is 10.2. The highest BCUT2D eigenvalue weighted by atomic mass is 32.2. The van der Waals surface area contributed by atoms with Gasteiger partial charge in [0.2, 0.25) is 10.0 Å². The molecule has 0 saturated carbocycles. The first kappa shape index (κ1) is 21.1. The zero-order valence-corrected chi connectivity index (χ0v) is 17.7. The van der Waals surface area contributed by atoms with E-state index in [9.17, 15) is 13.2 Å².